The zero-order chi connectivity index (χ0) is 15.7. The van der Waals surface area contributed by atoms with Crippen molar-refractivity contribution in [2.75, 3.05) is 26.8 Å². The van der Waals surface area contributed by atoms with Crippen LogP contribution in [-0.2, 0) is 14.3 Å². The van der Waals surface area contributed by atoms with E-state index in [1.54, 1.807) is 7.11 Å². The van der Waals surface area contributed by atoms with Crippen LogP contribution in [0, 0.1) is 11.8 Å². The minimum absolute atomic E-state index is 0.169. The molecule has 3 atom stereocenters. The molecule has 0 bridgehead atoms. The number of hydrogen-bond donors (Lipinski definition) is 3. The molecule has 122 valence electrons. The zero-order valence-electron chi connectivity index (χ0n) is 13.1. The number of rotatable bonds is 9. The first kappa shape index (κ1) is 17.9. The van der Waals surface area contributed by atoms with Gasteiger partial charge in [-0.25, -0.2) is 4.79 Å². The van der Waals surface area contributed by atoms with Crippen LogP contribution in [0.4, 0.5) is 0 Å². The summed E-state index contributed by atoms with van der Waals surface area (Å²) >= 11 is 0. The van der Waals surface area contributed by atoms with Crippen molar-refractivity contribution < 1.29 is 19.4 Å². The minimum atomic E-state index is -0.980. The molecule has 1 saturated heterocycles. The third-order valence-electron chi connectivity index (χ3n) is 4.12. The molecule has 6 nitrogen and oxygen atoms in total. The van der Waals surface area contributed by atoms with E-state index in [1.807, 2.05) is 0 Å². The Bertz CT molecular complexity index is 330. The summed E-state index contributed by atoms with van der Waals surface area (Å²) in [5, 5.41) is 15.1. The molecule has 1 amide bonds. The molecule has 0 saturated carbocycles. The number of piperidine rings is 1. The van der Waals surface area contributed by atoms with Gasteiger partial charge in [-0.05, 0) is 50.6 Å². The Morgan fingerprint density at radius 3 is 2.81 bits per heavy atom. The Hall–Kier alpha value is -1.14. The van der Waals surface area contributed by atoms with E-state index in [-0.39, 0.29) is 11.8 Å². The number of carbonyl (C=O) groups excluding carboxylic acids is 1. The Morgan fingerprint density at radius 2 is 2.24 bits per heavy atom. The molecule has 1 fully saturated rings. The van der Waals surface area contributed by atoms with E-state index in [0.717, 1.165) is 25.9 Å². The summed E-state index contributed by atoms with van der Waals surface area (Å²) in [6, 6.07) is -0.815. The second-order valence-electron chi connectivity index (χ2n) is 5.88. The average molecular weight is 300 g/mol. The van der Waals surface area contributed by atoms with Gasteiger partial charge in [0.25, 0.3) is 0 Å². The van der Waals surface area contributed by atoms with E-state index in [1.165, 1.54) is 0 Å². The lowest BCUT2D eigenvalue weighted by atomic mass is 9.85. The van der Waals surface area contributed by atoms with E-state index >= 15 is 0 Å². The highest BCUT2D eigenvalue weighted by atomic mass is 16.5. The van der Waals surface area contributed by atoms with Gasteiger partial charge in [-0.3, -0.25) is 4.79 Å². The van der Waals surface area contributed by atoms with Crippen molar-refractivity contribution in [2.24, 2.45) is 11.8 Å². The fourth-order valence-electron chi connectivity index (χ4n) is 2.77. The molecule has 1 rings (SSSR count). The molecule has 1 aliphatic rings. The lowest BCUT2D eigenvalue weighted by Gasteiger charge is -2.28. The van der Waals surface area contributed by atoms with Crippen molar-refractivity contribution in [3.8, 4) is 0 Å². The number of amides is 1. The Kier molecular flexibility index (Phi) is 8.30. The van der Waals surface area contributed by atoms with Crippen LogP contribution in [0.2, 0.25) is 0 Å². The number of ether oxygens (including phenoxy) is 1. The van der Waals surface area contributed by atoms with Crippen molar-refractivity contribution in [1.82, 2.24) is 10.6 Å². The SMILES string of the molecule is COCCCC(NC(=O)CC(C)C1CCCNC1)C(=O)O. The van der Waals surface area contributed by atoms with Crippen LogP contribution in [0.15, 0.2) is 0 Å². The number of carbonyl (C=O) groups is 2. The van der Waals surface area contributed by atoms with Gasteiger partial charge in [-0.2, -0.15) is 0 Å². The molecule has 0 aliphatic carbocycles. The summed E-state index contributed by atoms with van der Waals surface area (Å²) in [4.78, 5) is 23.2. The van der Waals surface area contributed by atoms with Gasteiger partial charge in [0.1, 0.15) is 6.04 Å². The van der Waals surface area contributed by atoms with Crippen LogP contribution < -0.4 is 10.6 Å². The lowest BCUT2D eigenvalue weighted by molar-refractivity contribution is -0.142. The predicted molar refractivity (Wildman–Crippen MR) is 80.1 cm³/mol. The summed E-state index contributed by atoms with van der Waals surface area (Å²) in [6.45, 7) is 4.57. The van der Waals surface area contributed by atoms with Crippen molar-refractivity contribution in [1.29, 1.82) is 0 Å². The second-order valence-corrected chi connectivity index (χ2v) is 5.88. The molecule has 0 spiro atoms. The third-order valence-corrected chi connectivity index (χ3v) is 4.12. The fourth-order valence-corrected chi connectivity index (χ4v) is 2.77. The maximum absolute atomic E-state index is 12.0. The zero-order valence-corrected chi connectivity index (χ0v) is 13.1. The summed E-state index contributed by atoms with van der Waals surface area (Å²) in [7, 11) is 1.58. The molecule has 3 N–H and O–H groups in total. The van der Waals surface area contributed by atoms with Gasteiger partial charge >= 0.3 is 5.97 Å². The third kappa shape index (κ3) is 6.91. The highest BCUT2D eigenvalue weighted by Gasteiger charge is 2.24. The quantitative estimate of drug-likeness (QED) is 0.553. The van der Waals surface area contributed by atoms with E-state index < -0.39 is 12.0 Å². The predicted octanol–water partition coefficient (Wildman–Crippen LogP) is 1.01. The van der Waals surface area contributed by atoms with E-state index in [9.17, 15) is 9.59 Å². The van der Waals surface area contributed by atoms with Gasteiger partial charge in [0, 0.05) is 20.1 Å². The molecule has 0 aromatic heterocycles. The second kappa shape index (κ2) is 9.73. The Morgan fingerprint density at radius 1 is 1.48 bits per heavy atom. The molecule has 3 unspecified atom stereocenters. The van der Waals surface area contributed by atoms with Crippen molar-refractivity contribution >= 4 is 11.9 Å². The number of carboxylic acids is 1. The van der Waals surface area contributed by atoms with Crippen LogP contribution in [0.1, 0.15) is 39.0 Å². The van der Waals surface area contributed by atoms with Gasteiger partial charge in [0.15, 0.2) is 0 Å². The van der Waals surface area contributed by atoms with E-state index in [4.69, 9.17) is 9.84 Å². The number of hydrogen-bond acceptors (Lipinski definition) is 4. The smallest absolute Gasteiger partial charge is 0.326 e. The summed E-state index contributed by atoms with van der Waals surface area (Å²) in [5.41, 5.74) is 0. The van der Waals surface area contributed by atoms with Gasteiger partial charge in [-0.15, -0.1) is 0 Å². The first-order chi connectivity index (χ1) is 10.0. The summed E-state index contributed by atoms with van der Waals surface area (Å²) in [6.07, 6.45) is 3.69. The van der Waals surface area contributed by atoms with E-state index in [0.29, 0.717) is 31.8 Å². The summed E-state index contributed by atoms with van der Waals surface area (Å²) in [5.74, 6) is -0.378. The molecule has 1 heterocycles. The molecule has 6 heteroatoms. The number of aliphatic carboxylic acids is 1. The highest BCUT2D eigenvalue weighted by Crippen LogP contribution is 2.22. The molecule has 0 aromatic carbocycles. The standard InChI is InChI=1S/C15H28N2O4/c1-11(12-5-3-7-16-10-12)9-14(18)17-13(15(19)20)6-4-8-21-2/h11-13,16H,3-10H2,1-2H3,(H,17,18)(H,19,20). The Labute approximate surface area is 126 Å². The monoisotopic (exact) mass is 300 g/mol. The average Bonchev–Trinajstić information content (AvgIpc) is 2.47. The largest absolute Gasteiger partial charge is 0.480 e. The van der Waals surface area contributed by atoms with Crippen molar-refractivity contribution in [2.45, 2.75) is 45.1 Å². The first-order valence-corrected chi connectivity index (χ1v) is 7.76. The molecular formula is C15H28N2O4. The number of carboxylic acid groups (broad SMARTS) is 1. The maximum atomic E-state index is 12.0. The van der Waals surface area contributed by atoms with Crippen LogP contribution in [0.3, 0.4) is 0 Å². The number of methoxy groups -OCH3 is 1. The molecular weight excluding hydrogens is 272 g/mol. The van der Waals surface area contributed by atoms with Crippen LogP contribution in [-0.4, -0.2) is 49.8 Å². The van der Waals surface area contributed by atoms with Crippen molar-refractivity contribution in [3.63, 3.8) is 0 Å². The van der Waals surface area contributed by atoms with Crippen molar-refractivity contribution in [3.05, 3.63) is 0 Å². The maximum Gasteiger partial charge on any atom is 0.326 e. The first-order valence-electron chi connectivity index (χ1n) is 7.76. The normalized spacial score (nSPS) is 21.5. The van der Waals surface area contributed by atoms with Crippen LogP contribution in [0.5, 0.6) is 0 Å². The highest BCUT2D eigenvalue weighted by molar-refractivity contribution is 5.83. The molecule has 0 aromatic rings. The molecule has 0 radical (unpaired) electrons. The van der Waals surface area contributed by atoms with Gasteiger partial charge in [0.05, 0.1) is 0 Å². The fraction of sp³-hybridized carbons (Fsp3) is 0.867. The Balaban J connectivity index is 2.36. The van der Waals surface area contributed by atoms with Crippen LogP contribution in [0.25, 0.3) is 0 Å². The van der Waals surface area contributed by atoms with E-state index in [2.05, 4.69) is 17.6 Å². The molecule has 1 aliphatic heterocycles. The summed E-state index contributed by atoms with van der Waals surface area (Å²) < 4.78 is 4.91. The number of nitrogens with one attached hydrogen (secondary N) is 2. The van der Waals surface area contributed by atoms with Gasteiger partial charge < -0.3 is 20.5 Å². The van der Waals surface area contributed by atoms with Gasteiger partial charge in [-0.1, -0.05) is 6.92 Å². The lowest BCUT2D eigenvalue weighted by Crippen LogP contribution is -2.42. The van der Waals surface area contributed by atoms with Gasteiger partial charge in [0.2, 0.25) is 5.91 Å². The topological polar surface area (TPSA) is 87.7 Å². The minimum Gasteiger partial charge on any atom is -0.480 e. The van der Waals surface area contributed by atoms with Crippen LogP contribution >= 0.6 is 0 Å². The molecule has 21 heavy (non-hydrogen) atoms.